The molecule has 0 radical (unpaired) electrons. The SMILES string of the molecule is CC(=O)OCc1oc(=O)oc1Cc1ccccc1. The topological polar surface area (TPSA) is 69.7 Å². The summed E-state index contributed by atoms with van der Waals surface area (Å²) in [7, 11) is 0. The molecule has 0 unspecified atom stereocenters. The fourth-order valence-electron chi connectivity index (χ4n) is 1.53. The van der Waals surface area contributed by atoms with E-state index in [4.69, 9.17) is 13.6 Å². The van der Waals surface area contributed by atoms with Crippen LogP contribution in [0.1, 0.15) is 24.0 Å². The van der Waals surface area contributed by atoms with Crippen molar-refractivity contribution in [3.05, 3.63) is 58.0 Å². The Morgan fingerprint density at radius 1 is 1.17 bits per heavy atom. The van der Waals surface area contributed by atoms with E-state index in [-0.39, 0.29) is 12.4 Å². The second-order valence-electron chi connectivity index (χ2n) is 3.74. The summed E-state index contributed by atoms with van der Waals surface area (Å²) in [5, 5.41) is 0. The number of hydrogen-bond acceptors (Lipinski definition) is 5. The van der Waals surface area contributed by atoms with Crippen LogP contribution in [0.25, 0.3) is 0 Å². The van der Waals surface area contributed by atoms with E-state index in [2.05, 4.69) is 0 Å². The molecular formula is C13H12O5. The molecule has 0 saturated carbocycles. The van der Waals surface area contributed by atoms with Crippen molar-refractivity contribution in [3.8, 4) is 0 Å². The lowest BCUT2D eigenvalue weighted by Gasteiger charge is -2.00. The lowest BCUT2D eigenvalue weighted by molar-refractivity contribution is -0.142. The van der Waals surface area contributed by atoms with Gasteiger partial charge in [0.2, 0.25) is 0 Å². The fourth-order valence-corrected chi connectivity index (χ4v) is 1.53. The average molecular weight is 248 g/mol. The highest BCUT2D eigenvalue weighted by Gasteiger charge is 2.14. The van der Waals surface area contributed by atoms with Gasteiger partial charge in [-0.1, -0.05) is 30.3 Å². The first-order valence-corrected chi connectivity index (χ1v) is 5.44. The summed E-state index contributed by atoms with van der Waals surface area (Å²) < 4.78 is 14.6. The molecule has 0 bridgehead atoms. The maximum Gasteiger partial charge on any atom is 0.519 e. The van der Waals surface area contributed by atoms with E-state index in [1.165, 1.54) is 6.92 Å². The molecule has 1 heterocycles. The van der Waals surface area contributed by atoms with Crippen LogP contribution < -0.4 is 5.82 Å². The van der Waals surface area contributed by atoms with E-state index in [1.54, 1.807) is 0 Å². The smallest absolute Gasteiger partial charge is 0.458 e. The standard InChI is InChI=1S/C13H12O5/c1-9(14)16-8-12-11(17-13(15)18-12)7-10-5-3-2-4-6-10/h2-6H,7-8H2,1H3. The zero-order valence-electron chi connectivity index (χ0n) is 9.84. The van der Waals surface area contributed by atoms with Gasteiger partial charge in [-0.05, 0) is 5.56 Å². The maximum absolute atomic E-state index is 11.1. The number of ether oxygens (including phenoxy) is 1. The normalized spacial score (nSPS) is 10.3. The fraction of sp³-hybridized carbons (Fsp3) is 0.231. The molecule has 0 aliphatic rings. The van der Waals surface area contributed by atoms with E-state index in [1.807, 2.05) is 30.3 Å². The maximum atomic E-state index is 11.1. The van der Waals surface area contributed by atoms with Crippen LogP contribution in [0.4, 0.5) is 0 Å². The Kier molecular flexibility index (Phi) is 3.62. The molecule has 0 saturated heterocycles. The summed E-state index contributed by atoms with van der Waals surface area (Å²) in [4.78, 5) is 21.8. The Morgan fingerprint density at radius 3 is 2.50 bits per heavy atom. The number of carbonyl (C=O) groups is 1. The number of benzene rings is 1. The van der Waals surface area contributed by atoms with Gasteiger partial charge in [-0.25, -0.2) is 4.79 Å². The van der Waals surface area contributed by atoms with Gasteiger partial charge in [-0.2, -0.15) is 0 Å². The molecule has 0 fully saturated rings. The van der Waals surface area contributed by atoms with Gasteiger partial charge in [-0.3, -0.25) is 4.79 Å². The van der Waals surface area contributed by atoms with Gasteiger partial charge in [0.05, 0.1) is 0 Å². The Morgan fingerprint density at radius 2 is 1.83 bits per heavy atom. The van der Waals surface area contributed by atoms with Gasteiger partial charge >= 0.3 is 11.8 Å². The van der Waals surface area contributed by atoms with Crippen LogP contribution in [0.2, 0.25) is 0 Å². The summed E-state index contributed by atoms with van der Waals surface area (Å²) in [6, 6.07) is 9.48. The monoisotopic (exact) mass is 248 g/mol. The third-order valence-corrected chi connectivity index (χ3v) is 2.34. The minimum atomic E-state index is -0.789. The summed E-state index contributed by atoms with van der Waals surface area (Å²) in [6.45, 7) is 1.19. The van der Waals surface area contributed by atoms with Crippen LogP contribution >= 0.6 is 0 Å². The Balaban J connectivity index is 2.17. The zero-order chi connectivity index (χ0) is 13.0. The molecule has 0 spiro atoms. The second kappa shape index (κ2) is 5.35. The lowest BCUT2D eigenvalue weighted by Crippen LogP contribution is -2.00. The molecule has 18 heavy (non-hydrogen) atoms. The third kappa shape index (κ3) is 3.10. The van der Waals surface area contributed by atoms with Crippen molar-refractivity contribution in [2.45, 2.75) is 20.0 Å². The second-order valence-corrected chi connectivity index (χ2v) is 3.74. The molecule has 5 nitrogen and oxygen atoms in total. The van der Waals surface area contributed by atoms with Crippen LogP contribution in [0.15, 0.2) is 44.0 Å². The number of hydrogen-bond donors (Lipinski definition) is 0. The van der Waals surface area contributed by atoms with Crippen molar-refractivity contribution in [1.82, 2.24) is 0 Å². The Hall–Kier alpha value is -2.30. The quantitative estimate of drug-likeness (QED) is 0.773. The molecule has 0 N–H and O–H groups in total. The van der Waals surface area contributed by atoms with Crippen molar-refractivity contribution in [2.75, 3.05) is 0 Å². The predicted molar refractivity (Wildman–Crippen MR) is 62.0 cm³/mol. The van der Waals surface area contributed by atoms with E-state index >= 15 is 0 Å². The van der Waals surface area contributed by atoms with E-state index < -0.39 is 11.8 Å². The molecule has 0 amide bonds. The van der Waals surface area contributed by atoms with Crippen LogP contribution in [-0.2, 0) is 22.6 Å². The van der Waals surface area contributed by atoms with Crippen molar-refractivity contribution in [1.29, 1.82) is 0 Å². The van der Waals surface area contributed by atoms with Crippen LogP contribution in [-0.4, -0.2) is 5.97 Å². The van der Waals surface area contributed by atoms with Gasteiger partial charge in [0.1, 0.15) is 0 Å². The van der Waals surface area contributed by atoms with Crippen molar-refractivity contribution in [2.24, 2.45) is 0 Å². The molecular weight excluding hydrogens is 236 g/mol. The molecule has 2 aromatic rings. The molecule has 1 aromatic heterocycles. The minimum Gasteiger partial charge on any atom is -0.458 e. The summed E-state index contributed by atoms with van der Waals surface area (Å²) >= 11 is 0. The van der Waals surface area contributed by atoms with Crippen molar-refractivity contribution < 1.29 is 18.4 Å². The summed E-state index contributed by atoms with van der Waals surface area (Å²) in [5.41, 5.74) is 0.978. The Bertz CT molecular complexity index is 579. The van der Waals surface area contributed by atoms with E-state index in [0.29, 0.717) is 12.2 Å². The number of esters is 1. The van der Waals surface area contributed by atoms with Crippen molar-refractivity contribution >= 4 is 5.97 Å². The first kappa shape index (κ1) is 12.2. The summed E-state index contributed by atoms with van der Waals surface area (Å²) in [6.07, 6.45) is 0.420. The van der Waals surface area contributed by atoms with Gasteiger partial charge in [0, 0.05) is 13.3 Å². The van der Waals surface area contributed by atoms with E-state index in [9.17, 15) is 9.59 Å². The first-order chi connectivity index (χ1) is 8.65. The highest BCUT2D eigenvalue weighted by atomic mass is 16.6. The molecule has 2 rings (SSSR count). The van der Waals surface area contributed by atoms with Crippen LogP contribution in [0, 0.1) is 0 Å². The molecule has 1 aromatic carbocycles. The molecule has 0 aliphatic heterocycles. The van der Waals surface area contributed by atoms with E-state index in [0.717, 1.165) is 5.56 Å². The van der Waals surface area contributed by atoms with Crippen LogP contribution in [0.5, 0.6) is 0 Å². The molecule has 5 heteroatoms. The lowest BCUT2D eigenvalue weighted by atomic mass is 10.1. The van der Waals surface area contributed by atoms with Crippen molar-refractivity contribution in [3.63, 3.8) is 0 Å². The van der Waals surface area contributed by atoms with Gasteiger partial charge in [0.15, 0.2) is 18.1 Å². The van der Waals surface area contributed by atoms with Gasteiger partial charge in [0.25, 0.3) is 0 Å². The largest absolute Gasteiger partial charge is 0.519 e. The molecule has 0 aliphatic carbocycles. The molecule has 0 atom stereocenters. The van der Waals surface area contributed by atoms with Gasteiger partial charge in [-0.15, -0.1) is 0 Å². The summed E-state index contributed by atoms with van der Waals surface area (Å²) in [5.74, 6) is -0.598. The molecule has 94 valence electrons. The third-order valence-electron chi connectivity index (χ3n) is 2.34. The predicted octanol–water partition coefficient (Wildman–Crippen LogP) is 1.89. The van der Waals surface area contributed by atoms with Gasteiger partial charge < -0.3 is 13.6 Å². The highest BCUT2D eigenvalue weighted by Crippen LogP contribution is 2.14. The van der Waals surface area contributed by atoms with Crippen LogP contribution in [0.3, 0.4) is 0 Å². The highest BCUT2D eigenvalue weighted by molar-refractivity contribution is 5.65. The average Bonchev–Trinajstić information content (AvgIpc) is 2.68. The minimum absolute atomic E-state index is 0.0940. The Labute approximate surface area is 103 Å². The number of carbonyl (C=O) groups excluding carboxylic acids is 1. The first-order valence-electron chi connectivity index (χ1n) is 5.44. The number of rotatable bonds is 4. The zero-order valence-corrected chi connectivity index (χ0v) is 9.84.